The maximum atomic E-state index is 12.1. The molecule has 0 radical (unpaired) electrons. The zero-order valence-corrected chi connectivity index (χ0v) is 12.9. The molecular weight excluding hydrogens is 276 g/mol. The van der Waals surface area contributed by atoms with Crippen LogP contribution in [-0.4, -0.2) is 21.5 Å². The van der Waals surface area contributed by atoms with Crippen LogP contribution in [0.25, 0.3) is 22.2 Å². The summed E-state index contributed by atoms with van der Waals surface area (Å²) in [6.07, 6.45) is 3.68. The van der Waals surface area contributed by atoms with Crippen LogP contribution in [0.2, 0.25) is 0 Å². The lowest BCUT2D eigenvalue weighted by molar-refractivity contribution is 0.00697. The van der Waals surface area contributed by atoms with Crippen molar-refractivity contribution in [2.24, 2.45) is 0 Å². The highest BCUT2D eigenvalue weighted by Crippen LogP contribution is 2.28. The van der Waals surface area contributed by atoms with Crippen molar-refractivity contribution in [2.75, 3.05) is 0 Å². The standard InChI is InChI=1S/C18H18N2O2/c1-18(2,3)22-17(21)12-7-8-13-14(11-20-16(13)10-12)15-6-4-5-9-19-15/h4-11,20H,1-3H3. The van der Waals surface area contributed by atoms with E-state index < -0.39 is 5.60 Å². The van der Waals surface area contributed by atoms with Gasteiger partial charge in [-0.1, -0.05) is 12.1 Å². The number of ether oxygens (including phenoxy) is 1. The van der Waals surface area contributed by atoms with Crippen LogP contribution in [0.5, 0.6) is 0 Å². The van der Waals surface area contributed by atoms with Crippen LogP contribution in [0, 0.1) is 0 Å². The molecule has 3 rings (SSSR count). The van der Waals surface area contributed by atoms with Gasteiger partial charge in [0.25, 0.3) is 0 Å². The quantitative estimate of drug-likeness (QED) is 0.721. The third-order valence-electron chi connectivity index (χ3n) is 3.26. The molecule has 22 heavy (non-hydrogen) atoms. The highest BCUT2D eigenvalue weighted by atomic mass is 16.6. The van der Waals surface area contributed by atoms with Gasteiger partial charge in [0.1, 0.15) is 5.60 Å². The molecule has 2 aromatic heterocycles. The van der Waals surface area contributed by atoms with Gasteiger partial charge in [-0.15, -0.1) is 0 Å². The third-order valence-corrected chi connectivity index (χ3v) is 3.26. The van der Waals surface area contributed by atoms with Crippen LogP contribution in [-0.2, 0) is 4.74 Å². The number of pyridine rings is 1. The fourth-order valence-electron chi connectivity index (χ4n) is 2.32. The Morgan fingerprint density at radius 1 is 1.18 bits per heavy atom. The lowest BCUT2D eigenvalue weighted by Crippen LogP contribution is -2.23. The number of esters is 1. The van der Waals surface area contributed by atoms with Gasteiger partial charge in [-0.25, -0.2) is 4.79 Å². The van der Waals surface area contributed by atoms with Gasteiger partial charge in [-0.2, -0.15) is 0 Å². The van der Waals surface area contributed by atoms with E-state index in [0.29, 0.717) is 5.56 Å². The number of aromatic amines is 1. The normalized spacial score (nSPS) is 11.6. The molecule has 1 aromatic carbocycles. The van der Waals surface area contributed by atoms with Gasteiger partial charge in [-0.3, -0.25) is 4.98 Å². The van der Waals surface area contributed by atoms with Crippen molar-refractivity contribution in [1.29, 1.82) is 0 Å². The highest BCUT2D eigenvalue weighted by molar-refractivity contribution is 5.99. The summed E-state index contributed by atoms with van der Waals surface area (Å²) >= 11 is 0. The fraction of sp³-hybridized carbons (Fsp3) is 0.222. The fourth-order valence-corrected chi connectivity index (χ4v) is 2.32. The number of carbonyl (C=O) groups is 1. The Labute approximate surface area is 129 Å². The van der Waals surface area contributed by atoms with E-state index in [9.17, 15) is 4.79 Å². The SMILES string of the molecule is CC(C)(C)OC(=O)c1ccc2c(-c3ccccn3)c[nH]c2c1. The molecule has 0 aliphatic carbocycles. The molecule has 0 saturated carbocycles. The second-order valence-electron chi connectivity index (χ2n) is 6.18. The van der Waals surface area contributed by atoms with Crippen LogP contribution in [0.1, 0.15) is 31.1 Å². The summed E-state index contributed by atoms with van der Waals surface area (Å²) in [4.78, 5) is 19.7. The molecule has 0 spiro atoms. The van der Waals surface area contributed by atoms with Crippen molar-refractivity contribution in [3.05, 3.63) is 54.4 Å². The zero-order chi connectivity index (χ0) is 15.7. The summed E-state index contributed by atoms with van der Waals surface area (Å²) in [7, 11) is 0. The van der Waals surface area contributed by atoms with Crippen molar-refractivity contribution >= 4 is 16.9 Å². The van der Waals surface area contributed by atoms with Crippen molar-refractivity contribution in [1.82, 2.24) is 9.97 Å². The summed E-state index contributed by atoms with van der Waals surface area (Å²) in [5.74, 6) is -0.316. The molecule has 1 N–H and O–H groups in total. The van der Waals surface area contributed by atoms with Crippen molar-refractivity contribution in [3.63, 3.8) is 0 Å². The van der Waals surface area contributed by atoms with Gasteiger partial charge >= 0.3 is 5.97 Å². The summed E-state index contributed by atoms with van der Waals surface area (Å²) in [5, 5.41) is 1.03. The molecule has 0 aliphatic heterocycles. The molecule has 0 fully saturated rings. The highest BCUT2D eigenvalue weighted by Gasteiger charge is 2.18. The lowest BCUT2D eigenvalue weighted by Gasteiger charge is -2.19. The molecule has 2 heterocycles. The number of aromatic nitrogens is 2. The van der Waals surface area contributed by atoms with Gasteiger partial charge in [0.15, 0.2) is 0 Å². The smallest absolute Gasteiger partial charge is 0.338 e. The monoisotopic (exact) mass is 294 g/mol. The van der Waals surface area contributed by atoms with Gasteiger partial charge < -0.3 is 9.72 Å². The second kappa shape index (κ2) is 5.30. The average Bonchev–Trinajstić information content (AvgIpc) is 2.89. The van der Waals surface area contributed by atoms with E-state index in [2.05, 4.69) is 9.97 Å². The molecule has 0 atom stereocenters. The molecule has 4 nitrogen and oxygen atoms in total. The number of carbonyl (C=O) groups excluding carboxylic acids is 1. The Hall–Kier alpha value is -2.62. The molecule has 0 unspecified atom stereocenters. The topological polar surface area (TPSA) is 55.0 Å². The van der Waals surface area contributed by atoms with E-state index in [-0.39, 0.29) is 5.97 Å². The Kier molecular flexibility index (Phi) is 3.45. The second-order valence-corrected chi connectivity index (χ2v) is 6.18. The van der Waals surface area contributed by atoms with Crippen LogP contribution in [0.15, 0.2) is 48.8 Å². The first-order valence-corrected chi connectivity index (χ1v) is 7.20. The van der Waals surface area contributed by atoms with Gasteiger partial charge in [0.05, 0.1) is 11.3 Å². The molecule has 4 heteroatoms. The Morgan fingerprint density at radius 2 is 2.00 bits per heavy atom. The number of hydrogen-bond acceptors (Lipinski definition) is 3. The number of fused-ring (bicyclic) bond motifs is 1. The van der Waals surface area contributed by atoms with Crippen LogP contribution >= 0.6 is 0 Å². The Morgan fingerprint density at radius 3 is 2.68 bits per heavy atom. The number of H-pyrrole nitrogens is 1. The summed E-state index contributed by atoms with van der Waals surface area (Å²) in [5.41, 5.74) is 2.85. The average molecular weight is 294 g/mol. The number of hydrogen-bond donors (Lipinski definition) is 1. The molecule has 0 saturated heterocycles. The molecule has 112 valence electrons. The molecular formula is C18H18N2O2. The van der Waals surface area contributed by atoms with Crippen LogP contribution < -0.4 is 0 Å². The number of nitrogens with one attached hydrogen (secondary N) is 1. The predicted molar refractivity (Wildman–Crippen MR) is 86.7 cm³/mol. The molecule has 0 amide bonds. The number of nitrogens with zero attached hydrogens (tertiary/aromatic N) is 1. The van der Waals surface area contributed by atoms with Crippen LogP contribution in [0.4, 0.5) is 0 Å². The zero-order valence-electron chi connectivity index (χ0n) is 12.9. The predicted octanol–water partition coefficient (Wildman–Crippen LogP) is 4.19. The third kappa shape index (κ3) is 2.86. The van der Waals surface area contributed by atoms with Gasteiger partial charge in [-0.05, 0) is 45.0 Å². The van der Waals surface area contributed by atoms with Crippen molar-refractivity contribution < 1.29 is 9.53 Å². The van der Waals surface area contributed by atoms with Gasteiger partial charge in [0, 0.05) is 28.9 Å². The first kappa shape index (κ1) is 14.3. The first-order valence-electron chi connectivity index (χ1n) is 7.20. The van der Waals surface area contributed by atoms with E-state index in [0.717, 1.165) is 22.2 Å². The van der Waals surface area contributed by atoms with Crippen molar-refractivity contribution in [3.8, 4) is 11.3 Å². The van der Waals surface area contributed by atoms with Crippen LogP contribution in [0.3, 0.4) is 0 Å². The number of benzene rings is 1. The summed E-state index contributed by atoms with van der Waals surface area (Å²) in [6, 6.07) is 11.3. The van der Waals surface area contributed by atoms with E-state index in [1.165, 1.54) is 0 Å². The summed E-state index contributed by atoms with van der Waals surface area (Å²) < 4.78 is 5.40. The molecule has 0 aliphatic rings. The van der Waals surface area contributed by atoms with E-state index >= 15 is 0 Å². The minimum absolute atomic E-state index is 0.316. The lowest BCUT2D eigenvalue weighted by atomic mass is 10.1. The van der Waals surface area contributed by atoms with E-state index in [1.807, 2.05) is 57.3 Å². The molecule has 0 bridgehead atoms. The minimum atomic E-state index is -0.499. The first-order chi connectivity index (χ1) is 10.4. The maximum Gasteiger partial charge on any atom is 0.338 e. The maximum absolute atomic E-state index is 12.1. The van der Waals surface area contributed by atoms with Gasteiger partial charge in [0.2, 0.25) is 0 Å². The van der Waals surface area contributed by atoms with E-state index in [1.54, 1.807) is 12.3 Å². The van der Waals surface area contributed by atoms with Crippen molar-refractivity contribution in [2.45, 2.75) is 26.4 Å². The summed E-state index contributed by atoms with van der Waals surface area (Å²) in [6.45, 7) is 5.58. The van der Waals surface area contributed by atoms with E-state index in [4.69, 9.17) is 4.74 Å². The Balaban J connectivity index is 1.98. The number of rotatable bonds is 2. The Bertz CT molecular complexity index is 814. The minimum Gasteiger partial charge on any atom is -0.456 e. The molecule has 3 aromatic rings. The largest absolute Gasteiger partial charge is 0.456 e.